The van der Waals surface area contributed by atoms with E-state index in [2.05, 4.69) is 20.8 Å². The zero-order valence-electron chi connectivity index (χ0n) is 11.6. The van der Waals surface area contributed by atoms with E-state index in [9.17, 15) is 0 Å². The van der Waals surface area contributed by atoms with Crippen LogP contribution in [0.4, 0.5) is 0 Å². The van der Waals surface area contributed by atoms with Crippen LogP contribution in [0.5, 0.6) is 0 Å². The van der Waals surface area contributed by atoms with E-state index in [4.69, 9.17) is 9.47 Å². The third-order valence-corrected chi connectivity index (χ3v) is 3.25. The van der Waals surface area contributed by atoms with Gasteiger partial charge in [0.25, 0.3) is 0 Å². The minimum Gasteiger partial charge on any atom is -0.347 e. The molecule has 0 aromatic heterocycles. The highest BCUT2D eigenvalue weighted by atomic mass is 16.7. The first-order chi connectivity index (χ1) is 7.44. The van der Waals surface area contributed by atoms with Gasteiger partial charge in [-0.15, -0.1) is 0 Å². The molecule has 0 aromatic carbocycles. The van der Waals surface area contributed by atoms with Gasteiger partial charge >= 0.3 is 0 Å². The van der Waals surface area contributed by atoms with E-state index < -0.39 is 5.79 Å². The second kappa shape index (κ2) is 6.02. The van der Waals surface area contributed by atoms with Gasteiger partial charge in [-0.2, -0.15) is 0 Å². The normalized spacial score (nSPS) is 29.6. The Morgan fingerprint density at radius 3 is 2.44 bits per heavy atom. The van der Waals surface area contributed by atoms with Crippen LogP contribution in [0.3, 0.4) is 0 Å². The van der Waals surface area contributed by atoms with Crippen molar-refractivity contribution >= 4 is 0 Å². The summed E-state index contributed by atoms with van der Waals surface area (Å²) in [4.78, 5) is 0. The number of rotatable bonds is 5. The van der Waals surface area contributed by atoms with Gasteiger partial charge in [-0.25, -0.2) is 0 Å². The average Bonchev–Trinajstić information content (AvgIpc) is 2.15. The quantitative estimate of drug-likeness (QED) is 0.659. The monoisotopic (exact) mass is 228 g/mol. The molecule has 0 amide bonds. The van der Waals surface area contributed by atoms with E-state index in [-0.39, 0.29) is 0 Å². The second-order valence-corrected chi connectivity index (χ2v) is 5.77. The summed E-state index contributed by atoms with van der Waals surface area (Å²) in [5.41, 5.74) is 0. The van der Waals surface area contributed by atoms with Crippen molar-refractivity contribution in [2.24, 2.45) is 5.92 Å². The van der Waals surface area contributed by atoms with Gasteiger partial charge in [0.15, 0.2) is 5.79 Å². The van der Waals surface area contributed by atoms with E-state index in [1.807, 2.05) is 13.8 Å². The Morgan fingerprint density at radius 2 is 1.88 bits per heavy atom. The Labute approximate surface area is 101 Å². The minimum atomic E-state index is -0.399. The summed E-state index contributed by atoms with van der Waals surface area (Å²) in [5, 5.41) is 0. The Bertz CT molecular complexity index is 199. The average molecular weight is 228 g/mol. The van der Waals surface area contributed by atoms with Crippen molar-refractivity contribution in [3.63, 3.8) is 0 Å². The molecular formula is C14H28O2. The molecule has 1 aliphatic heterocycles. The van der Waals surface area contributed by atoms with Crippen molar-refractivity contribution in [1.82, 2.24) is 0 Å². The van der Waals surface area contributed by atoms with Crippen LogP contribution < -0.4 is 0 Å². The van der Waals surface area contributed by atoms with Crippen LogP contribution in [0.25, 0.3) is 0 Å². The van der Waals surface area contributed by atoms with Gasteiger partial charge < -0.3 is 9.47 Å². The van der Waals surface area contributed by atoms with E-state index in [0.717, 1.165) is 6.42 Å². The summed E-state index contributed by atoms with van der Waals surface area (Å²) < 4.78 is 11.9. The molecule has 1 heterocycles. The summed E-state index contributed by atoms with van der Waals surface area (Å²) >= 11 is 0. The van der Waals surface area contributed by atoms with Crippen LogP contribution in [0.15, 0.2) is 0 Å². The molecule has 2 heteroatoms. The number of unbranched alkanes of at least 4 members (excludes halogenated alkanes) is 2. The largest absolute Gasteiger partial charge is 0.347 e. The zero-order valence-corrected chi connectivity index (χ0v) is 11.6. The molecule has 0 bridgehead atoms. The van der Waals surface area contributed by atoms with Crippen molar-refractivity contribution in [1.29, 1.82) is 0 Å². The summed E-state index contributed by atoms with van der Waals surface area (Å²) in [6, 6.07) is 0. The summed E-state index contributed by atoms with van der Waals surface area (Å²) in [7, 11) is 0. The maximum atomic E-state index is 5.98. The van der Waals surface area contributed by atoms with Gasteiger partial charge in [0.05, 0.1) is 12.2 Å². The van der Waals surface area contributed by atoms with Gasteiger partial charge in [-0.3, -0.25) is 0 Å². The molecule has 0 aliphatic carbocycles. The van der Waals surface area contributed by atoms with Crippen molar-refractivity contribution in [3.8, 4) is 0 Å². The lowest BCUT2D eigenvalue weighted by Crippen LogP contribution is -2.46. The third kappa shape index (κ3) is 4.42. The molecule has 1 rings (SSSR count). The molecule has 0 saturated carbocycles. The Balaban J connectivity index is 2.45. The highest BCUT2D eigenvalue weighted by Gasteiger charge is 2.36. The van der Waals surface area contributed by atoms with E-state index >= 15 is 0 Å². The molecule has 96 valence electrons. The zero-order chi connectivity index (χ0) is 12.2. The lowest BCUT2D eigenvalue weighted by molar-refractivity contribution is -0.307. The van der Waals surface area contributed by atoms with Gasteiger partial charge in [-0.05, 0) is 26.2 Å². The van der Waals surface area contributed by atoms with Crippen LogP contribution >= 0.6 is 0 Å². The molecule has 1 aliphatic rings. The van der Waals surface area contributed by atoms with E-state index in [0.29, 0.717) is 18.1 Å². The molecule has 0 unspecified atom stereocenters. The van der Waals surface area contributed by atoms with E-state index in [1.165, 1.54) is 25.7 Å². The fraction of sp³-hybridized carbons (Fsp3) is 1.00. The molecule has 0 spiro atoms. The van der Waals surface area contributed by atoms with E-state index in [1.54, 1.807) is 0 Å². The highest BCUT2D eigenvalue weighted by Crippen LogP contribution is 2.32. The molecule has 1 fully saturated rings. The van der Waals surface area contributed by atoms with Gasteiger partial charge in [0, 0.05) is 6.42 Å². The molecule has 0 N–H and O–H groups in total. The minimum absolute atomic E-state index is 0.357. The van der Waals surface area contributed by atoms with Gasteiger partial charge in [0.1, 0.15) is 0 Å². The maximum Gasteiger partial charge on any atom is 0.163 e. The van der Waals surface area contributed by atoms with Crippen molar-refractivity contribution in [3.05, 3.63) is 0 Å². The fourth-order valence-electron chi connectivity index (χ4n) is 2.36. The highest BCUT2D eigenvalue weighted by molar-refractivity contribution is 4.78. The van der Waals surface area contributed by atoms with Crippen molar-refractivity contribution in [2.75, 3.05) is 0 Å². The molecular weight excluding hydrogens is 200 g/mol. The number of ether oxygens (including phenoxy) is 2. The van der Waals surface area contributed by atoms with Crippen LogP contribution in [0, 0.1) is 5.92 Å². The molecule has 1 saturated heterocycles. The first-order valence-electron chi connectivity index (χ1n) is 6.80. The third-order valence-electron chi connectivity index (χ3n) is 3.25. The number of hydrogen-bond acceptors (Lipinski definition) is 2. The Kier molecular flexibility index (Phi) is 5.26. The van der Waals surface area contributed by atoms with Crippen LogP contribution in [0.1, 0.15) is 66.7 Å². The molecule has 2 atom stereocenters. The number of hydrogen-bond donors (Lipinski definition) is 0. The smallest absolute Gasteiger partial charge is 0.163 e. The lowest BCUT2D eigenvalue weighted by Gasteiger charge is -2.42. The first-order valence-corrected chi connectivity index (χ1v) is 6.80. The molecule has 16 heavy (non-hydrogen) atoms. The Morgan fingerprint density at radius 1 is 1.19 bits per heavy atom. The fourth-order valence-corrected chi connectivity index (χ4v) is 2.36. The van der Waals surface area contributed by atoms with Gasteiger partial charge in [-0.1, -0.05) is 40.0 Å². The summed E-state index contributed by atoms with van der Waals surface area (Å²) in [6.45, 7) is 10.8. The SMILES string of the molecule is CCCCC[C@@H]1C[C@H](C(C)C)OC(C)(C)O1. The second-order valence-electron chi connectivity index (χ2n) is 5.77. The van der Waals surface area contributed by atoms with Crippen molar-refractivity contribution < 1.29 is 9.47 Å². The topological polar surface area (TPSA) is 18.5 Å². The first kappa shape index (κ1) is 14.0. The maximum absolute atomic E-state index is 5.98. The molecule has 2 nitrogen and oxygen atoms in total. The lowest BCUT2D eigenvalue weighted by atomic mass is 9.96. The predicted octanol–water partition coefficient (Wildman–Crippen LogP) is 4.13. The molecule has 0 radical (unpaired) electrons. The van der Waals surface area contributed by atoms with Gasteiger partial charge in [0.2, 0.25) is 0 Å². The summed E-state index contributed by atoms with van der Waals surface area (Å²) in [5.74, 6) is 0.182. The van der Waals surface area contributed by atoms with Crippen molar-refractivity contribution in [2.45, 2.75) is 84.7 Å². The van der Waals surface area contributed by atoms with Crippen LogP contribution in [-0.2, 0) is 9.47 Å². The molecule has 0 aromatic rings. The standard InChI is InChI=1S/C14H28O2/c1-6-7-8-9-12-10-13(11(2)3)16-14(4,5)15-12/h11-13H,6-10H2,1-5H3/t12-,13-/m1/s1. The summed E-state index contributed by atoms with van der Waals surface area (Å²) in [6.07, 6.45) is 6.86. The van der Waals surface area contributed by atoms with Crippen LogP contribution in [-0.4, -0.2) is 18.0 Å². The predicted molar refractivity (Wildman–Crippen MR) is 67.4 cm³/mol. The Hall–Kier alpha value is -0.0800. The van der Waals surface area contributed by atoms with Crippen LogP contribution in [0.2, 0.25) is 0 Å².